The maximum absolute atomic E-state index is 12.2. The summed E-state index contributed by atoms with van der Waals surface area (Å²) in [5.74, 6) is 0.979. The molecule has 156 valence electrons. The molecule has 1 heterocycles. The van der Waals surface area contributed by atoms with Crippen LogP contribution >= 0.6 is 0 Å². The van der Waals surface area contributed by atoms with Gasteiger partial charge in [-0.3, -0.25) is 4.79 Å². The Bertz CT molecular complexity index is 1120. The standard InChI is InChI=1S/C23H24N2O5/c1-4-13-29-19-11-9-16(14-20(19)28-3)10-12-21(26)30-15(2)22-24-18-8-6-5-7-17(18)23(27)25-22/h5-12,14-15H,4,13H2,1-3H3,(H,24,25,27)/b12-10+/t15-/m0/s1. The first-order valence-electron chi connectivity index (χ1n) is 9.70. The van der Waals surface area contributed by atoms with Crippen LogP contribution in [0.3, 0.4) is 0 Å². The van der Waals surface area contributed by atoms with Crippen LogP contribution in [-0.4, -0.2) is 29.7 Å². The number of fused-ring (bicyclic) bond motifs is 1. The van der Waals surface area contributed by atoms with Gasteiger partial charge >= 0.3 is 5.97 Å². The van der Waals surface area contributed by atoms with Gasteiger partial charge in [-0.15, -0.1) is 0 Å². The van der Waals surface area contributed by atoms with Crippen LogP contribution < -0.4 is 15.0 Å². The highest BCUT2D eigenvalue weighted by Crippen LogP contribution is 2.28. The molecule has 0 spiro atoms. The Labute approximate surface area is 174 Å². The van der Waals surface area contributed by atoms with E-state index in [1.54, 1.807) is 56.5 Å². The van der Waals surface area contributed by atoms with E-state index in [4.69, 9.17) is 14.2 Å². The molecule has 0 unspecified atom stereocenters. The van der Waals surface area contributed by atoms with Crippen molar-refractivity contribution in [1.29, 1.82) is 0 Å². The average Bonchev–Trinajstić information content (AvgIpc) is 2.76. The molecule has 2 aromatic carbocycles. The van der Waals surface area contributed by atoms with Crippen LogP contribution in [0.1, 0.15) is 37.8 Å². The van der Waals surface area contributed by atoms with E-state index in [2.05, 4.69) is 9.97 Å². The van der Waals surface area contributed by atoms with Crippen molar-refractivity contribution in [3.05, 3.63) is 70.3 Å². The van der Waals surface area contributed by atoms with Crippen molar-refractivity contribution in [3.8, 4) is 11.5 Å². The zero-order chi connectivity index (χ0) is 21.5. The Hall–Kier alpha value is -3.61. The van der Waals surface area contributed by atoms with Crippen LogP contribution in [0.15, 0.2) is 53.3 Å². The molecule has 3 rings (SSSR count). The molecule has 1 aromatic heterocycles. The normalized spacial score (nSPS) is 12.1. The van der Waals surface area contributed by atoms with E-state index < -0.39 is 12.1 Å². The largest absolute Gasteiger partial charge is 0.493 e. The van der Waals surface area contributed by atoms with Crippen LogP contribution in [0, 0.1) is 0 Å². The topological polar surface area (TPSA) is 90.5 Å². The number of esters is 1. The van der Waals surface area contributed by atoms with Crippen molar-refractivity contribution in [2.45, 2.75) is 26.4 Å². The lowest BCUT2D eigenvalue weighted by Gasteiger charge is -2.12. The quantitative estimate of drug-likeness (QED) is 0.447. The van der Waals surface area contributed by atoms with Gasteiger partial charge in [0.15, 0.2) is 23.4 Å². The lowest BCUT2D eigenvalue weighted by molar-refractivity contribution is -0.142. The molecule has 7 heteroatoms. The van der Waals surface area contributed by atoms with E-state index in [0.29, 0.717) is 34.8 Å². The maximum atomic E-state index is 12.2. The fourth-order valence-corrected chi connectivity index (χ4v) is 2.85. The summed E-state index contributed by atoms with van der Waals surface area (Å²) in [5.41, 5.74) is 1.04. The van der Waals surface area contributed by atoms with Gasteiger partial charge in [0.25, 0.3) is 5.56 Å². The van der Waals surface area contributed by atoms with Gasteiger partial charge in [-0.1, -0.05) is 25.1 Å². The molecule has 0 aliphatic heterocycles. The average molecular weight is 408 g/mol. The van der Waals surface area contributed by atoms with Gasteiger partial charge in [0, 0.05) is 6.08 Å². The molecule has 0 aliphatic carbocycles. The number of aromatic nitrogens is 2. The molecule has 0 radical (unpaired) electrons. The van der Waals surface area contributed by atoms with E-state index in [1.165, 1.54) is 6.08 Å². The van der Waals surface area contributed by atoms with Crippen molar-refractivity contribution >= 4 is 22.9 Å². The fourth-order valence-electron chi connectivity index (χ4n) is 2.85. The van der Waals surface area contributed by atoms with Crippen molar-refractivity contribution in [2.75, 3.05) is 13.7 Å². The van der Waals surface area contributed by atoms with Gasteiger partial charge in [0.2, 0.25) is 0 Å². The Morgan fingerprint density at radius 1 is 1.20 bits per heavy atom. The third kappa shape index (κ3) is 5.05. The number of para-hydroxylation sites is 1. The number of H-pyrrole nitrogens is 1. The molecule has 1 atom stereocenters. The lowest BCUT2D eigenvalue weighted by atomic mass is 10.2. The molecule has 7 nitrogen and oxygen atoms in total. The second-order valence-corrected chi connectivity index (χ2v) is 6.64. The predicted molar refractivity (Wildman–Crippen MR) is 115 cm³/mol. The number of nitrogens with zero attached hydrogens (tertiary/aromatic N) is 1. The number of aromatic amines is 1. The van der Waals surface area contributed by atoms with Crippen molar-refractivity contribution < 1.29 is 19.0 Å². The smallest absolute Gasteiger partial charge is 0.331 e. The van der Waals surface area contributed by atoms with Gasteiger partial charge < -0.3 is 19.2 Å². The number of rotatable bonds is 8. The first-order chi connectivity index (χ1) is 14.5. The van der Waals surface area contributed by atoms with E-state index in [9.17, 15) is 9.59 Å². The number of carbonyl (C=O) groups is 1. The number of benzene rings is 2. The Kier molecular flexibility index (Phi) is 6.85. The highest BCUT2D eigenvalue weighted by atomic mass is 16.5. The van der Waals surface area contributed by atoms with Gasteiger partial charge in [0.1, 0.15) is 0 Å². The SMILES string of the molecule is CCCOc1ccc(/C=C/C(=O)O[C@@H](C)c2nc3ccccc3c(=O)[nH]2)cc1OC. The summed E-state index contributed by atoms with van der Waals surface area (Å²) in [7, 11) is 1.56. The van der Waals surface area contributed by atoms with Gasteiger partial charge in [-0.25, -0.2) is 9.78 Å². The minimum Gasteiger partial charge on any atom is -0.493 e. The summed E-state index contributed by atoms with van der Waals surface area (Å²) >= 11 is 0. The van der Waals surface area contributed by atoms with E-state index in [1.807, 2.05) is 13.0 Å². The number of nitrogens with one attached hydrogen (secondary N) is 1. The van der Waals surface area contributed by atoms with Crippen LogP contribution in [0.5, 0.6) is 11.5 Å². The van der Waals surface area contributed by atoms with Crippen molar-refractivity contribution in [3.63, 3.8) is 0 Å². The first kappa shape index (κ1) is 21.1. The van der Waals surface area contributed by atoms with Gasteiger partial charge in [0.05, 0.1) is 24.6 Å². The molecule has 0 fully saturated rings. The zero-order valence-electron chi connectivity index (χ0n) is 17.2. The lowest BCUT2D eigenvalue weighted by Crippen LogP contribution is -2.16. The summed E-state index contributed by atoms with van der Waals surface area (Å²) < 4.78 is 16.3. The van der Waals surface area contributed by atoms with Crippen LogP contribution in [0.4, 0.5) is 0 Å². The number of hydrogen-bond donors (Lipinski definition) is 1. The predicted octanol–water partition coefficient (Wildman–Crippen LogP) is 4.04. The van der Waals surface area contributed by atoms with Crippen LogP contribution in [-0.2, 0) is 9.53 Å². The van der Waals surface area contributed by atoms with Crippen LogP contribution in [0.25, 0.3) is 17.0 Å². The third-order valence-electron chi connectivity index (χ3n) is 4.37. The molecule has 0 bridgehead atoms. The minimum atomic E-state index is -0.709. The van der Waals surface area contributed by atoms with Gasteiger partial charge in [-0.05, 0) is 49.2 Å². The highest BCUT2D eigenvalue weighted by molar-refractivity contribution is 5.87. The van der Waals surface area contributed by atoms with Crippen molar-refractivity contribution in [2.24, 2.45) is 0 Å². The Balaban J connectivity index is 1.69. The molecule has 0 saturated carbocycles. The molecule has 1 N–H and O–H groups in total. The summed E-state index contributed by atoms with van der Waals surface area (Å²) in [6, 6.07) is 12.4. The van der Waals surface area contributed by atoms with E-state index >= 15 is 0 Å². The van der Waals surface area contributed by atoms with Crippen LogP contribution in [0.2, 0.25) is 0 Å². The number of ether oxygens (including phenoxy) is 3. The Morgan fingerprint density at radius 2 is 2.00 bits per heavy atom. The van der Waals surface area contributed by atoms with Crippen molar-refractivity contribution in [1.82, 2.24) is 9.97 Å². The van der Waals surface area contributed by atoms with E-state index in [0.717, 1.165) is 12.0 Å². The highest BCUT2D eigenvalue weighted by Gasteiger charge is 2.14. The minimum absolute atomic E-state index is 0.272. The summed E-state index contributed by atoms with van der Waals surface area (Å²) in [4.78, 5) is 31.5. The summed E-state index contributed by atoms with van der Waals surface area (Å²) in [6.45, 7) is 4.28. The molecule has 30 heavy (non-hydrogen) atoms. The molecule has 0 amide bonds. The summed E-state index contributed by atoms with van der Waals surface area (Å²) in [5, 5.41) is 0.486. The second kappa shape index (κ2) is 9.73. The second-order valence-electron chi connectivity index (χ2n) is 6.64. The summed E-state index contributed by atoms with van der Waals surface area (Å²) in [6.07, 6.45) is 3.12. The zero-order valence-corrected chi connectivity index (χ0v) is 17.2. The molecule has 0 saturated heterocycles. The molecule has 0 aliphatic rings. The fraction of sp³-hybridized carbons (Fsp3) is 0.261. The maximum Gasteiger partial charge on any atom is 0.331 e. The van der Waals surface area contributed by atoms with E-state index in [-0.39, 0.29) is 5.56 Å². The third-order valence-corrected chi connectivity index (χ3v) is 4.37. The number of carbonyl (C=O) groups excluding carboxylic acids is 1. The molecular formula is C23H24N2O5. The molecule has 3 aromatic rings. The van der Waals surface area contributed by atoms with Gasteiger partial charge in [-0.2, -0.15) is 0 Å². The number of methoxy groups -OCH3 is 1. The monoisotopic (exact) mass is 408 g/mol. The first-order valence-corrected chi connectivity index (χ1v) is 9.70. The Morgan fingerprint density at radius 3 is 2.77 bits per heavy atom. The number of hydrogen-bond acceptors (Lipinski definition) is 6. The molecular weight excluding hydrogens is 384 g/mol.